The highest BCUT2D eigenvalue weighted by Crippen LogP contribution is 2.36. The van der Waals surface area contributed by atoms with Crippen LogP contribution in [-0.2, 0) is 4.46 Å². The Morgan fingerprint density at radius 1 is 1.00 bits per heavy atom. The van der Waals surface area contributed by atoms with Crippen molar-refractivity contribution in [3.05, 3.63) is 42.5 Å². The van der Waals surface area contributed by atoms with Gasteiger partial charge in [-0.1, -0.05) is 30.3 Å². The van der Waals surface area contributed by atoms with Crippen molar-refractivity contribution in [3.63, 3.8) is 0 Å². The number of fused-ring (bicyclic) bond motifs is 1. The Kier molecular flexibility index (Phi) is 2.19. The van der Waals surface area contributed by atoms with Crippen molar-refractivity contribution in [1.82, 2.24) is 0 Å². The minimum absolute atomic E-state index is 0.0789. The molecule has 4 nitrogen and oxygen atoms in total. The zero-order valence-corrected chi connectivity index (χ0v) is 9.71. The summed E-state index contributed by atoms with van der Waals surface area (Å²) in [5.41, 5.74) is 2.06. The molecule has 0 unspecified atom stereocenters. The molecule has 0 aliphatic heterocycles. The highest BCUT2D eigenvalue weighted by Gasteiger charge is 2.15. The first-order valence-electron chi connectivity index (χ1n) is 5.07. The standard InChI is InChI=1S/C12H8O4Si/c13-9-6-7-10-12(16-17(14)15-10)11(9)8-4-2-1-3-5-8/h1-7,13H. The van der Waals surface area contributed by atoms with Crippen LogP contribution in [0.25, 0.3) is 22.3 Å². The lowest BCUT2D eigenvalue weighted by molar-refractivity contribution is 0.474. The van der Waals surface area contributed by atoms with Gasteiger partial charge in [0, 0.05) is 0 Å². The molecule has 0 fully saturated rings. The molecule has 0 atom stereocenters. The van der Waals surface area contributed by atoms with E-state index in [1.165, 1.54) is 6.07 Å². The third-order valence-electron chi connectivity index (χ3n) is 2.54. The van der Waals surface area contributed by atoms with Crippen molar-refractivity contribution in [3.8, 4) is 16.9 Å². The van der Waals surface area contributed by atoms with Gasteiger partial charge in [-0.05, 0) is 17.7 Å². The molecule has 0 aliphatic carbocycles. The Hall–Kier alpha value is -2.14. The molecule has 2 aromatic carbocycles. The molecule has 1 aromatic heterocycles. The number of hydrogen-bond donors (Lipinski definition) is 1. The molecule has 17 heavy (non-hydrogen) atoms. The largest absolute Gasteiger partial charge is 0.778 e. The van der Waals surface area contributed by atoms with Gasteiger partial charge >= 0.3 is 8.80 Å². The topological polar surface area (TPSA) is 63.6 Å². The first-order valence-corrected chi connectivity index (χ1v) is 6.29. The van der Waals surface area contributed by atoms with Crippen molar-refractivity contribution in [2.45, 2.75) is 0 Å². The summed E-state index contributed by atoms with van der Waals surface area (Å²) in [6.07, 6.45) is 0. The number of benzene rings is 2. The summed E-state index contributed by atoms with van der Waals surface area (Å²) in [6, 6.07) is 12.3. The van der Waals surface area contributed by atoms with Gasteiger partial charge in [0.15, 0.2) is 11.2 Å². The summed E-state index contributed by atoms with van der Waals surface area (Å²) in [5.74, 6) is 0.0789. The SMILES string of the molecule is O=[si]1oc2ccc(O)c(-c3ccccc3)c2o1. The molecule has 1 heterocycles. The van der Waals surface area contributed by atoms with E-state index >= 15 is 0 Å². The maximum atomic E-state index is 11.3. The summed E-state index contributed by atoms with van der Waals surface area (Å²) in [7, 11) is -2.52. The minimum Gasteiger partial charge on any atom is -0.507 e. The van der Waals surface area contributed by atoms with E-state index in [9.17, 15) is 9.57 Å². The van der Waals surface area contributed by atoms with Crippen LogP contribution in [0.5, 0.6) is 5.75 Å². The number of rotatable bonds is 1. The Balaban J connectivity index is 2.42. The van der Waals surface area contributed by atoms with E-state index in [4.69, 9.17) is 8.19 Å². The van der Waals surface area contributed by atoms with E-state index in [0.717, 1.165) is 5.56 Å². The van der Waals surface area contributed by atoms with Crippen LogP contribution in [0, 0.1) is 0 Å². The van der Waals surface area contributed by atoms with Crippen molar-refractivity contribution >= 4 is 20.0 Å². The number of phenols is 1. The highest BCUT2D eigenvalue weighted by molar-refractivity contribution is 6.18. The molecule has 84 valence electrons. The van der Waals surface area contributed by atoms with Crippen LogP contribution in [0.2, 0.25) is 0 Å². The predicted octanol–water partition coefficient (Wildman–Crippen LogP) is 2.90. The smallest absolute Gasteiger partial charge is 0.507 e. The fourth-order valence-corrected chi connectivity index (χ4v) is 2.56. The molecule has 0 spiro atoms. The Labute approximate surface area is 97.6 Å². The lowest BCUT2D eigenvalue weighted by atomic mass is 10.0. The van der Waals surface area contributed by atoms with Crippen LogP contribution < -0.4 is 0 Å². The van der Waals surface area contributed by atoms with Crippen molar-refractivity contribution in [2.75, 3.05) is 0 Å². The first-order chi connectivity index (χ1) is 8.25. The van der Waals surface area contributed by atoms with Gasteiger partial charge in [0.2, 0.25) is 0 Å². The summed E-state index contributed by atoms with van der Waals surface area (Å²) < 4.78 is 21.4. The second kappa shape index (κ2) is 3.71. The zero-order valence-electron chi connectivity index (χ0n) is 8.71. The van der Waals surface area contributed by atoms with E-state index in [1.807, 2.05) is 30.3 Å². The molecular formula is C12H8O4Si. The normalized spacial score (nSPS) is 10.8. The van der Waals surface area contributed by atoms with Crippen molar-refractivity contribution in [1.29, 1.82) is 0 Å². The van der Waals surface area contributed by atoms with E-state index in [-0.39, 0.29) is 5.75 Å². The Morgan fingerprint density at radius 3 is 2.53 bits per heavy atom. The molecule has 0 saturated heterocycles. The third-order valence-corrected chi connectivity index (χ3v) is 3.30. The molecule has 1 N–H and O–H groups in total. The molecular weight excluding hydrogens is 236 g/mol. The van der Waals surface area contributed by atoms with Crippen LogP contribution >= 0.6 is 0 Å². The van der Waals surface area contributed by atoms with E-state index in [1.54, 1.807) is 6.07 Å². The van der Waals surface area contributed by atoms with Gasteiger partial charge in [-0.15, -0.1) is 0 Å². The van der Waals surface area contributed by atoms with Gasteiger partial charge < -0.3 is 13.3 Å². The van der Waals surface area contributed by atoms with Crippen LogP contribution in [0.4, 0.5) is 0 Å². The van der Waals surface area contributed by atoms with Crippen molar-refractivity contribution in [2.24, 2.45) is 0 Å². The monoisotopic (exact) mass is 244 g/mol. The quantitative estimate of drug-likeness (QED) is 0.668. The molecule has 0 aliphatic rings. The molecule has 0 saturated carbocycles. The molecule has 0 bridgehead atoms. The number of phenolic OH excluding ortho intramolecular Hbond substituents is 1. The van der Waals surface area contributed by atoms with Crippen LogP contribution in [-0.4, -0.2) is 13.9 Å². The maximum absolute atomic E-state index is 11.3. The Morgan fingerprint density at radius 2 is 1.76 bits per heavy atom. The lowest BCUT2D eigenvalue weighted by Crippen LogP contribution is -1.79. The second-order valence-corrected chi connectivity index (χ2v) is 4.52. The van der Waals surface area contributed by atoms with Crippen LogP contribution in [0.3, 0.4) is 0 Å². The zero-order chi connectivity index (χ0) is 11.8. The molecule has 0 amide bonds. The molecule has 3 rings (SSSR count). The van der Waals surface area contributed by atoms with E-state index in [2.05, 4.69) is 0 Å². The third kappa shape index (κ3) is 1.60. The average molecular weight is 244 g/mol. The maximum Gasteiger partial charge on any atom is 0.778 e. The van der Waals surface area contributed by atoms with Gasteiger partial charge in [-0.3, -0.25) is 4.46 Å². The van der Waals surface area contributed by atoms with E-state index in [0.29, 0.717) is 16.7 Å². The Bertz CT molecular complexity index is 727. The van der Waals surface area contributed by atoms with Crippen LogP contribution in [0.1, 0.15) is 0 Å². The summed E-state index contributed by atoms with van der Waals surface area (Å²) in [5, 5.41) is 9.89. The summed E-state index contributed by atoms with van der Waals surface area (Å²) in [4.78, 5) is 0. The fourth-order valence-electron chi connectivity index (χ4n) is 1.81. The van der Waals surface area contributed by atoms with Gasteiger partial charge in [-0.25, -0.2) is 0 Å². The minimum atomic E-state index is -2.52. The van der Waals surface area contributed by atoms with Gasteiger partial charge in [-0.2, -0.15) is 0 Å². The summed E-state index contributed by atoms with van der Waals surface area (Å²) >= 11 is 0. The van der Waals surface area contributed by atoms with Gasteiger partial charge in [0.25, 0.3) is 0 Å². The van der Waals surface area contributed by atoms with Gasteiger partial charge in [0.1, 0.15) is 5.75 Å². The molecule has 5 heteroatoms. The number of aromatic hydroxyl groups is 1. The lowest BCUT2D eigenvalue weighted by Gasteiger charge is -2.04. The predicted molar refractivity (Wildman–Crippen MR) is 62.0 cm³/mol. The fraction of sp³-hybridized carbons (Fsp3) is 0. The molecule has 0 radical (unpaired) electrons. The first kappa shape index (κ1) is 10.0. The highest BCUT2D eigenvalue weighted by atomic mass is 28.2. The van der Waals surface area contributed by atoms with Crippen LogP contribution in [0.15, 0.2) is 50.7 Å². The van der Waals surface area contributed by atoms with Gasteiger partial charge in [0.05, 0.1) is 5.56 Å². The average Bonchev–Trinajstić information content (AvgIpc) is 2.70. The summed E-state index contributed by atoms with van der Waals surface area (Å²) in [6.45, 7) is 0. The second-order valence-electron chi connectivity index (χ2n) is 3.61. The van der Waals surface area contributed by atoms with Crippen molar-refractivity contribution < 1.29 is 17.8 Å². The molecule has 3 aromatic rings. The number of hydrogen-bond acceptors (Lipinski definition) is 4. The van der Waals surface area contributed by atoms with E-state index < -0.39 is 8.80 Å².